The monoisotopic (exact) mass is 334 g/mol. The van der Waals surface area contributed by atoms with Crippen LogP contribution in [0.15, 0.2) is 0 Å². The molecule has 0 bridgehead atoms. The van der Waals surface area contributed by atoms with E-state index in [2.05, 4.69) is 0 Å². The van der Waals surface area contributed by atoms with Crippen LogP contribution in [0.3, 0.4) is 0 Å². The van der Waals surface area contributed by atoms with Crippen LogP contribution in [0.25, 0.3) is 0 Å². The van der Waals surface area contributed by atoms with Crippen LogP contribution in [-0.4, -0.2) is 29.6 Å². The molecule has 0 aromatic carbocycles. The van der Waals surface area contributed by atoms with E-state index in [-0.39, 0.29) is 6.42 Å². The number of unbranched alkanes of at least 4 members (excludes halogenated alkanes) is 1. The van der Waals surface area contributed by atoms with Crippen LogP contribution in [-0.2, 0) is 29.1 Å². The number of hydrogen-bond acceptors (Lipinski definition) is 6. The number of ether oxygens (including phenoxy) is 1. The maximum absolute atomic E-state index is 12.5. The van der Waals surface area contributed by atoms with E-state index in [4.69, 9.17) is 24.3 Å². The highest BCUT2D eigenvalue weighted by Gasteiger charge is 2.47. The van der Waals surface area contributed by atoms with Crippen molar-refractivity contribution in [3.63, 3.8) is 0 Å². The Labute approximate surface area is 140 Å². The van der Waals surface area contributed by atoms with Crippen LogP contribution < -0.4 is 0 Å². The number of rotatable bonds is 10. The third-order valence-corrected chi connectivity index (χ3v) is 2.47. The highest BCUT2D eigenvalue weighted by atomic mass is 17.3. The topological polar surface area (TPSA) is 63.2 Å². The third-order valence-electron chi connectivity index (χ3n) is 2.47. The number of carbonyl (C=O) groups is 1. The highest BCUT2D eigenvalue weighted by molar-refractivity contribution is 5.77. The van der Waals surface area contributed by atoms with Crippen molar-refractivity contribution >= 4 is 5.97 Å². The van der Waals surface area contributed by atoms with E-state index < -0.39 is 23.0 Å². The lowest BCUT2D eigenvalue weighted by Crippen LogP contribution is -2.48. The molecule has 0 aromatic rings. The van der Waals surface area contributed by atoms with Crippen molar-refractivity contribution in [2.24, 2.45) is 0 Å². The van der Waals surface area contributed by atoms with E-state index >= 15 is 0 Å². The summed E-state index contributed by atoms with van der Waals surface area (Å²) >= 11 is 0. The van der Waals surface area contributed by atoms with E-state index in [1.54, 1.807) is 0 Å². The van der Waals surface area contributed by atoms with Crippen LogP contribution in [0.4, 0.5) is 0 Å². The predicted octanol–water partition coefficient (Wildman–Crippen LogP) is 4.32. The van der Waals surface area contributed by atoms with Crippen LogP contribution in [0.1, 0.15) is 81.1 Å². The molecule has 138 valence electrons. The van der Waals surface area contributed by atoms with Gasteiger partial charge in [-0.3, -0.25) is 0 Å². The highest BCUT2D eigenvalue weighted by Crippen LogP contribution is 2.28. The summed E-state index contributed by atoms with van der Waals surface area (Å²) < 4.78 is 5.28. The summed E-state index contributed by atoms with van der Waals surface area (Å²) in [4.78, 5) is 34.0. The number of esters is 1. The van der Waals surface area contributed by atoms with Gasteiger partial charge in [-0.2, -0.15) is 9.78 Å². The molecule has 0 radical (unpaired) electrons. The Morgan fingerprint density at radius 2 is 1.26 bits per heavy atom. The molecule has 0 aliphatic heterocycles. The Bertz CT molecular complexity index is 322. The second-order valence-corrected chi connectivity index (χ2v) is 7.55. The fraction of sp³-hybridized carbons (Fsp3) is 0.941. The fourth-order valence-corrected chi connectivity index (χ4v) is 1.40. The van der Waals surface area contributed by atoms with Crippen molar-refractivity contribution in [3.8, 4) is 0 Å². The standard InChI is InChI=1S/C17H34O6/c1-9-11-13-19-14(18)17(12-10-2,22-20-15(3,4)5)23-21-16(6,7)8/h9-13H2,1-8H3. The summed E-state index contributed by atoms with van der Waals surface area (Å²) in [6, 6.07) is 0. The van der Waals surface area contributed by atoms with Crippen molar-refractivity contribution in [2.75, 3.05) is 6.61 Å². The van der Waals surface area contributed by atoms with Crippen molar-refractivity contribution in [1.82, 2.24) is 0 Å². The maximum atomic E-state index is 12.5. The molecule has 0 saturated carbocycles. The first-order chi connectivity index (χ1) is 10.5. The smallest absolute Gasteiger partial charge is 0.372 e. The van der Waals surface area contributed by atoms with Crippen molar-refractivity contribution in [2.45, 2.75) is 98.1 Å². The zero-order valence-corrected chi connectivity index (χ0v) is 16.0. The van der Waals surface area contributed by atoms with Gasteiger partial charge in [-0.1, -0.05) is 26.7 Å². The molecule has 0 spiro atoms. The zero-order valence-electron chi connectivity index (χ0n) is 16.0. The molecule has 0 rings (SSSR count). The molecule has 0 amide bonds. The quantitative estimate of drug-likeness (QED) is 0.195. The van der Waals surface area contributed by atoms with Crippen LogP contribution in [0.2, 0.25) is 0 Å². The average Bonchev–Trinajstić information content (AvgIpc) is 2.40. The van der Waals surface area contributed by atoms with Gasteiger partial charge in [-0.05, 0) is 48.0 Å². The first-order valence-corrected chi connectivity index (χ1v) is 8.36. The molecule has 0 fully saturated rings. The lowest BCUT2D eigenvalue weighted by molar-refractivity contribution is -0.528. The molecule has 0 unspecified atom stereocenters. The zero-order chi connectivity index (χ0) is 18.1. The van der Waals surface area contributed by atoms with E-state index in [1.807, 2.05) is 55.4 Å². The van der Waals surface area contributed by atoms with E-state index in [0.717, 1.165) is 12.8 Å². The molecule has 23 heavy (non-hydrogen) atoms. The SMILES string of the molecule is CCCCOC(=O)C(CCC)(OOC(C)(C)C)OOC(C)(C)C. The minimum Gasteiger partial charge on any atom is -0.462 e. The molecule has 6 heteroatoms. The van der Waals surface area contributed by atoms with Gasteiger partial charge in [0.05, 0.1) is 17.8 Å². The van der Waals surface area contributed by atoms with Crippen molar-refractivity contribution < 1.29 is 29.1 Å². The van der Waals surface area contributed by atoms with Crippen LogP contribution in [0, 0.1) is 0 Å². The van der Waals surface area contributed by atoms with E-state index in [9.17, 15) is 4.79 Å². The summed E-state index contributed by atoms with van der Waals surface area (Å²) in [5, 5.41) is 0. The van der Waals surface area contributed by atoms with Gasteiger partial charge in [0, 0.05) is 6.42 Å². The van der Waals surface area contributed by atoms with Crippen molar-refractivity contribution in [1.29, 1.82) is 0 Å². The van der Waals surface area contributed by atoms with Gasteiger partial charge in [-0.25, -0.2) is 14.6 Å². The second-order valence-electron chi connectivity index (χ2n) is 7.55. The Balaban J connectivity index is 5.17. The summed E-state index contributed by atoms with van der Waals surface area (Å²) in [7, 11) is 0. The minimum absolute atomic E-state index is 0.254. The molecule has 0 heterocycles. The molecule has 0 aliphatic rings. The molecular weight excluding hydrogens is 300 g/mol. The fourth-order valence-electron chi connectivity index (χ4n) is 1.40. The molecule has 6 nitrogen and oxygen atoms in total. The second kappa shape index (κ2) is 9.57. The van der Waals surface area contributed by atoms with E-state index in [1.165, 1.54) is 0 Å². The summed E-state index contributed by atoms with van der Waals surface area (Å²) in [5.41, 5.74) is -1.21. The molecule has 0 atom stereocenters. The lowest BCUT2D eigenvalue weighted by atomic mass is 10.1. The Morgan fingerprint density at radius 1 is 0.783 bits per heavy atom. The maximum Gasteiger partial charge on any atom is 0.372 e. The van der Waals surface area contributed by atoms with Gasteiger partial charge in [-0.15, -0.1) is 0 Å². The largest absolute Gasteiger partial charge is 0.462 e. The lowest BCUT2D eigenvalue weighted by Gasteiger charge is -2.33. The molecular formula is C17H34O6. The predicted molar refractivity (Wildman–Crippen MR) is 87.4 cm³/mol. The normalized spacial score (nSPS) is 13.2. The first-order valence-electron chi connectivity index (χ1n) is 8.36. The summed E-state index contributed by atoms with van der Waals surface area (Å²) in [5.74, 6) is -2.37. The summed E-state index contributed by atoms with van der Waals surface area (Å²) in [6.07, 6.45) is 2.58. The number of carbonyl (C=O) groups excluding carboxylic acids is 1. The Hall–Kier alpha value is -0.690. The van der Waals surface area contributed by atoms with Gasteiger partial charge >= 0.3 is 11.8 Å². The van der Waals surface area contributed by atoms with Gasteiger partial charge in [0.2, 0.25) is 0 Å². The molecule has 0 aromatic heterocycles. The summed E-state index contributed by atoms with van der Waals surface area (Å²) in [6.45, 7) is 15.1. The van der Waals surface area contributed by atoms with Gasteiger partial charge < -0.3 is 4.74 Å². The Kier molecular flexibility index (Phi) is 9.28. The van der Waals surface area contributed by atoms with Gasteiger partial charge in [0.25, 0.3) is 0 Å². The van der Waals surface area contributed by atoms with Crippen molar-refractivity contribution in [3.05, 3.63) is 0 Å². The van der Waals surface area contributed by atoms with E-state index in [0.29, 0.717) is 13.0 Å². The first kappa shape index (κ1) is 22.3. The number of hydrogen-bond donors (Lipinski definition) is 0. The van der Waals surface area contributed by atoms with Crippen LogP contribution in [0.5, 0.6) is 0 Å². The van der Waals surface area contributed by atoms with Gasteiger partial charge in [0.1, 0.15) is 0 Å². The van der Waals surface area contributed by atoms with Gasteiger partial charge in [0.15, 0.2) is 0 Å². The van der Waals surface area contributed by atoms with Crippen LogP contribution >= 0.6 is 0 Å². The molecule has 0 saturated heterocycles. The Morgan fingerprint density at radius 3 is 1.61 bits per heavy atom. The molecule has 0 N–H and O–H groups in total. The molecule has 0 aliphatic carbocycles. The average molecular weight is 334 g/mol. The third kappa shape index (κ3) is 9.91. The minimum atomic E-state index is -1.73.